The number of carbonyl (C=O) groups is 1. The summed E-state index contributed by atoms with van der Waals surface area (Å²) in [5, 5.41) is 8.05. The van der Waals surface area contributed by atoms with E-state index in [0.717, 1.165) is 98.8 Å². The van der Waals surface area contributed by atoms with Gasteiger partial charge in [0, 0.05) is 39.2 Å². The number of nitrogens with one attached hydrogen (secondary N) is 1. The monoisotopic (exact) mass is 587 g/mol. The number of piperidine rings is 1. The van der Waals surface area contributed by atoms with Crippen molar-refractivity contribution in [2.75, 3.05) is 42.6 Å². The van der Waals surface area contributed by atoms with Crippen LogP contribution in [0.25, 0.3) is 16.0 Å². The zero-order valence-corrected chi connectivity index (χ0v) is 25.6. The number of hydrogen-bond donors (Lipinski definition) is 1. The lowest BCUT2D eigenvalue weighted by molar-refractivity contribution is -0.0368. The molecule has 12 heteroatoms. The summed E-state index contributed by atoms with van der Waals surface area (Å²) in [6.07, 6.45) is 7.84. The van der Waals surface area contributed by atoms with Gasteiger partial charge in [-0.05, 0) is 76.8 Å². The van der Waals surface area contributed by atoms with Crippen LogP contribution in [-0.2, 0) is 15.9 Å². The highest BCUT2D eigenvalue weighted by atomic mass is 16.6. The summed E-state index contributed by atoms with van der Waals surface area (Å²) in [4.78, 5) is 34.9. The van der Waals surface area contributed by atoms with Crippen molar-refractivity contribution >= 4 is 40.4 Å². The third kappa shape index (κ3) is 6.22. The number of aromatic nitrogens is 5. The van der Waals surface area contributed by atoms with E-state index >= 15 is 0 Å². The van der Waals surface area contributed by atoms with Crippen LogP contribution in [0.2, 0.25) is 0 Å². The van der Waals surface area contributed by atoms with Crippen LogP contribution in [0.5, 0.6) is 0 Å². The maximum Gasteiger partial charge on any atom is 0.407 e. The van der Waals surface area contributed by atoms with Gasteiger partial charge in [-0.1, -0.05) is 13.5 Å². The van der Waals surface area contributed by atoms with Crippen molar-refractivity contribution in [1.82, 2.24) is 30.0 Å². The number of alkyl carbamates (subject to hydrolysis) is 1. The summed E-state index contributed by atoms with van der Waals surface area (Å²) in [5.74, 6) is 1.98. The summed E-state index contributed by atoms with van der Waals surface area (Å²) in [6, 6.07) is 3.74. The van der Waals surface area contributed by atoms with Gasteiger partial charge in [0.1, 0.15) is 11.4 Å². The molecule has 12 nitrogen and oxygen atoms in total. The molecule has 0 radical (unpaired) electrons. The zero-order valence-electron chi connectivity index (χ0n) is 25.6. The maximum absolute atomic E-state index is 12.2. The van der Waals surface area contributed by atoms with Crippen molar-refractivity contribution in [3.05, 3.63) is 35.4 Å². The van der Waals surface area contributed by atoms with E-state index in [1.165, 1.54) is 0 Å². The second-order valence-electron chi connectivity index (χ2n) is 13.1. The summed E-state index contributed by atoms with van der Waals surface area (Å²) in [5.41, 5.74) is 2.80. The Morgan fingerprint density at radius 1 is 1.19 bits per heavy atom. The highest BCUT2D eigenvalue weighted by Gasteiger charge is 2.34. The van der Waals surface area contributed by atoms with Gasteiger partial charge in [-0.2, -0.15) is 0 Å². The first-order chi connectivity index (χ1) is 20.6. The normalized spacial score (nSPS) is 20.4. The molecule has 0 bridgehead atoms. The molecule has 3 aromatic rings. The number of amides is 1. The second kappa shape index (κ2) is 11.6. The number of anilines is 3. The quantitative estimate of drug-likeness (QED) is 0.376. The molecule has 228 valence electrons. The summed E-state index contributed by atoms with van der Waals surface area (Å²) in [7, 11) is 0. The minimum Gasteiger partial charge on any atom is -0.444 e. The molecule has 0 aliphatic carbocycles. The van der Waals surface area contributed by atoms with E-state index in [2.05, 4.69) is 31.9 Å². The Hall–Kier alpha value is -3.98. The van der Waals surface area contributed by atoms with E-state index in [1.54, 1.807) is 6.07 Å². The highest BCUT2D eigenvalue weighted by molar-refractivity contribution is 5.88. The largest absolute Gasteiger partial charge is 0.444 e. The number of nitrogens with zero attached hydrogens (tertiary/aromatic N) is 8. The molecule has 1 amide bonds. The molecule has 1 unspecified atom stereocenters. The van der Waals surface area contributed by atoms with Crippen molar-refractivity contribution in [3.8, 4) is 0 Å². The Balaban J connectivity index is 1.25. The number of rotatable bonds is 5. The number of fused-ring (bicyclic) bond motifs is 2. The lowest BCUT2D eigenvalue weighted by Gasteiger charge is -2.40. The van der Waals surface area contributed by atoms with Crippen LogP contribution >= 0.6 is 0 Å². The smallest absolute Gasteiger partial charge is 0.407 e. The average Bonchev–Trinajstić information content (AvgIpc) is 3.38. The maximum atomic E-state index is 12.2. The van der Waals surface area contributed by atoms with Crippen molar-refractivity contribution in [3.63, 3.8) is 0 Å². The minimum absolute atomic E-state index is 0.0292. The topological polar surface area (TPSA) is 115 Å². The number of carbonyl (C=O) groups excluding carboxylic acids is 1. The number of aryl methyl sites for hydroxylation is 1. The molecule has 43 heavy (non-hydrogen) atoms. The second-order valence-corrected chi connectivity index (χ2v) is 13.1. The minimum atomic E-state index is -0.517. The van der Waals surface area contributed by atoms with Gasteiger partial charge in [0.15, 0.2) is 28.9 Å². The van der Waals surface area contributed by atoms with Gasteiger partial charge in [0.05, 0.1) is 11.9 Å². The first-order valence-corrected chi connectivity index (χ1v) is 15.4. The molecule has 6 rings (SSSR count). The Labute approximate surface area is 252 Å². The van der Waals surface area contributed by atoms with Gasteiger partial charge in [0.2, 0.25) is 0 Å². The molecule has 2 saturated heterocycles. The standard InChI is InChI=1S/C31H41N9O3/c1-30(2,3)43-29(41)34-20-31(4)13-16-38(17-14-31)24-19-33-26-27(36-24)40(25-10-6-7-18-42-25)37-28(26)39-15-8-9-21-22(39)11-12-23(32-5)35-21/h11-12,19,25H,6-10,13-18,20H2,1-4H3,(H,34,41). The van der Waals surface area contributed by atoms with E-state index in [0.29, 0.717) is 19.0 Å². The van der Waals surface area contributed by atoms with E-state index in [4.69, 9.17) is 31.1 Å². The molecule has 0 saturated carbocycles. The fraction of sp³-hybridized carbons (Fsp3) is 0.613. The van der Waals surface area contributed by atoms with Crippen molar-refractivity contribution in [2.24, 2.45) is 5.41 Å². The zero-order chi connectivity index (χ0) is 30.2. The molecule has 6 heterocycles. The average molecular weight is 588 g/mol. The summed E-state index contributed by atoms with van der Waals surface area (Å²) in [6.45, 7) is 18.9. The third-order valence-electron chi connectivity index (χ3n) is 8.55. The molecular formula is C31H41N9O3. The summed E-state index contributed by atoms with van der Waals surface area (Å²) < 4.78 is 13.5. The van der Waals surface area contributed by atoms with Crippen molar-refractivity contribution in [1.29, 1.82) is 0 Å². The first-order valence-electron chi connectivity index (χ1n) is 15.4. The lowest BCUT2D eigenvalue weighted by Crippen LogP contribution is -2.46. The van der Waals surface area contributed by atoms with Crippen molar-refractivity contribution in [2.45, 2.75) is 84.5 Å². The van der Waals surface area contributed by atoms with Gasteiger partial charge >= 0.3 is 6.09 Å². The molecule has 1 N–H and O–H groups in total. The highest BCUT2D eigenvalue weighted by Crippen LogP contribution is 2.39. The number of hydrogen-bond acceptors (Lipinski definition) is 9. The molecular weight excluding hydrogens is 546 g/mol. The van der Waals surface area contributed by atoms with Crippen LogP contribution < -0.4 is 15.1 Å². The predicted molar refractivity (Wildman–Crippen MR) is 164 cm³/mol. The van der Waals surface area contributed by atoms with Crippen LogP contribution in [-0.4, -0.2) is 69.2 Å². The predicted octanol–water partition coefficient (Wildman–Crippen LogP) is 5.69. The SMILES string of the molecule is [C-]#[N+]c1ccc2c(n1)CCCN2c1nn(C2CCCCO2)c2nc(N3CCC(C)(CNC(=O)OC(C)(C)C)CC3)cnc12. The third-order valence-corrected chi connectivity index (χ3v) is 8.55. The van der Waals surface area contributed by atoms with E-state index in [-0.39, 0.29) is 17.7 Å². The van der Waals surface area contributed by atoms with Crippen LogP contribution in [0, 0.1) is 12.0 Å². The molecule has 2 fully saturated rings. The Morgan fingerprint density at radius 3 is 2.72 bits per heavy atom. The Bertz CT molecular complexity index is 1530. The Kier molecular flexibility index (Phi) is 7.85. The lowest BCUT2D eigenvalue weighted by atomic mass is 9.80. The van der Waals surface area contributed by atoms with Gasteiger partial charge in [-0.3, -0.25) is 0 Å². The molecule has 0 spiro atoms. The van der Waals surface area contributed by atoms with E-state index in [9.17, 15) is 4.79 Å². The van der Waals surface area contributed by atoms with E-state index < -0.39 is 5.60 Å². The fourth-order valence-electron chi connectivity index (χ4n) is 6.11. The van der Waals surface area contributed by atoms with Gasteiger partial charge in [-0.25, -0.2) is 19.4 Å². The molecule has 3 aromatic heterocycles. The molecule has 3 aliphatic rings. The Morgan fingerprint density at radius 2 is 2.00 bits per heavy atom. The number of pyridine rings is 1. The fourth-order valence-corrected chi connectivity index (χ4v) is 6.11. The van der Waals surface area contributed by atoms with Gasteiger partial charge < -0.3 is 29.4 Å². The molecule has 0 aromatic carbocycles. The first kappa shape index (κ1) is 29.1. The van der Waals surface area contributed by atoms with Crippen LogP contribution in [0.15, 0.2) is 18.3 Å². The van der Waals surface area contributed by atoms with Crippen LogP contribution in [0.4, 0.5) is 27.9 Å². The number of ether oxygens (including phenoxy) is 2. The molecule has 3 aliphatic heterocycles. The van der Waals surface area contributed by atoms with E-state index in [1.807, 2.05) is 37.7 Å². The van der Waals surface area contributed by atoms with Gasteiger partial charge in [-0.15, -0.1) is 10.1 Å². The van der Waals surface area contributed by atoms with Crippen LogP contribution in [0.3, 0.4) is 0 Å². The summed E-state index contributed by atoms with van der Waals surface area (Å²) >= 11 is 0. The van der Waals surface area contributed by atoms with Crippen molar-refractivity contribution < 1.29 is 14.3 Å². The van der Waals surface area contributed by atoms with Crippen LogP contribution in [0.1, 0.15) is 78.1 Å². The molecule has 1 atom stereocenters. The van der Waals surface area contributed by atoms with Gasteiger partial charge in [0.25, 0.3) is 5.82 Å².